The first-order valence-corrected chi connectivity index (χ1v) is 6.04. The van der Waals surface area contributed by atoms with E-state index in [0.29, 0.717) is 11.8 Å². The SMILES string of the molecule is C=C[C@@](C)(O)C[C@H]1C=C(C)CC[C@H]1C(=C)C. The fourth-order valence-electron chi connectivity index (χ4n) is 2.54. The first kappa shape index (κ1) is 13.2. The minimum absolute atomic E-state index is 0.402. The van der Waals surface area contributed by atoms with Gasteiger partial charge < -0.3 is 5.11 Å². The van der Waals surface area contributed by atoms with E-state index >= 15 is 0 Å². The maximum absolute atomic E-state index is 10.1. The number of hydrogen-bond acceptors (Lipinski definition) is 1. The highest BCUT2D eigenvalue weighted by atomic mass is 16.3. The molecule has 1 heteroatoms. The molecule has 0 saturated heterocycles. The summed E-state index contributed by atoms with van der Waals surface area (Å²) in [7, 11) is 0. The zero-order valence-electron chi connectivity index (χ0n) is 10.8. The standard InChI is InChI=1S/C15H24O/c1-6-15(5,16)10-13-9-12(4)7-8-14(13)11(2)3/h6,9,13-14,16H,1-2,7-8,10H2,3-5H3/t13-,14+,15-/m1/s1. The predicted octanol–water partition coefficient (Wildman–Crippen LogP) is 3.86. The Kier molecular flexibility index (Phi) is 4.15. The molecule has 0 radical (unpaired) electrons. The van der Waals surface area contributed by atoms with Crippen molar-refractivity contribution in [2.75, 3.05) is 0 Å². The van der Waals surface area contributed by atoms with Crippen LogP contribution in [0.15, 0.2) is 36.5 Å². The van der Waals surface area contributed by atoms with E-state index in [0.717, 1.165) is 19.3 Å². The minimum atomic E-state index is -0.771. The van der Waals surface area contributed by atoms with Crippen LogP contribution in [0.1, 0.15) is 40.0 Å². The molecule has 3 atom stereocenters. The van der Waals surface area contributed by atoms with Crippen molar-refractivity contribution in [3.8, 4) is 0 Å². The molecular formula is C15H24O. The van der Waals surface area contributed by atoms with E-state index in [4.69, 9.17) is 0 Å². The second kappa shape index (κ2) is 5.01. The Balaban J connectivity index is 2.84. The van der Waals surface area contributed by atoms with E-state index in [1.54, 1.807) is 6.08 Å². The Bertz CT molecular complexity index is 309. The van der Waals surface area contributed by atoms with Gasteiger partial charge in [0.05, 0.1) is 5.60 Å². The Morgan fingerprint density at radius 1 is 1.69 bits per heavy atom. The molecule has 1 nitrogen and oxygen atoms in total. The van der Waals surface area contributed by atoms with Crippen molar-refractivity contribution in [3.05, 3.63) is 36.5 Å². The van der Waals surface area contributed by atoms with E-state index in [9.17, 15) is 5.11 Å². The maximum Gasteiger partial charge on any atom is 0.0802 e. The normalized spacial score (nSPS) is 29.1. The average molecular weight is 220 g/mol. The van der Waals surface area contributed by atoms with Gasteiger partial charge in [-0.3, -0.25) is 0 Å². The van der Waals surface area contributed by atoms with E-state index in [-0.39, 0.29) is 0 Å². The largest absolute Gasteiger partial charge is 0.386 e. The average Bonchev–Trinajstić information content (AvgIpc) is 2.16. The lowest BCUT2D eigenvalue weighted by molar-refractivity contribution is 0.0799. The highest BCUT2D eigenvalue weighted by Gasteiger charge is 2.29. The molecule has 0 aliphatic heterocycles. The van der Waals surface area contributed by atoms with E-state index in [1.807, 2.05) is 6.92 Å². The second-order valence-corrected chi connectivity index (χ2v) is 5.43. The molecule has 90 valence electrons. The van der Waals surface area contributed by atoms with Crippen LogP contribution in [0.5, 0.6) is 0 Å². The van der Waals surface area contributed by atoms with Crippen molar-refractivity contribution in [2.24, 2.45) is 11.8 Å². The van der Waals surface area contributed by atoms with Gasteiger partial charge in [-0.15, -0.1) is 6.58 Å². The van der Waals surface area contributed by atoms with Crippen molar-refractivity contribution in [2.45, 2.75) is 45.6 Å². The summed E-state index contributed by atoms with van der Waals surface area (Å²) in [5.41, 5.74) is 1.89. The van der Waals surface area contributed by atoms with Crippen molar-refractivity contribution in [1.29, 1.82) is 0 Å². The van der Waals surface area contributed by atoms with Crippen LogP contribution in [0.2, 0.25) is 0 Å². The summed E-state index contributed by atoms with van der Waals surface area (Å²) in [4.78, 5) is 0. The van der Waals surface area contributed by atoms with Crippen LogP contribution >= 0.6 is 0 Å². The van der Waals surface area contributed by atoms with Gasteiger partial charge in [-0.05, 0) is 51.9 Å². The van der Waals surface area contributed by atoms with Gasteiger partial charge >= 0.3 is 0 Å². The Hall–Kier alpha value is -0.820. The molecule has 0 aromatic rings. The number of allylic oxidation sites excluding steroid dienone is 3. The first-order chi connectivity index (χ1) is 7.35. The third-order valence-electron chi connectivity index (χ3n) is 3.59. The highest BCUT2D eigenvalue weighted by molar-refractivity contribution is 5.15. The molecule has 0 amide bonds. The van der Waals surface area contributed by atoms with Gasteiger partial charge in [0.25, 0.3) is 0 Å². The molecule has 16 heavy (non-hydrogen) atoms. The molecule has 0 aromatic carbocycles. The third-order valence-corrected chi connectivity index (χ3v) is 3.59. The second-order valence-electron chi connectivity index (χ2n) is 5.43. The summed E-state index contributed by atoms with van der Waals surface area (Å²) in [6.45, 7) is 13.9. The van der Waals surface area contributed by atoms with Crippen LogP contribution in [0.4, 0.5) is 0 Å². The van der Waals surface area contributed by atoms with Crippen LogP contribution in [0, 0.1) is 11.8 Å². The lowest BCUT2D eigenvalue weighted by Gasteiger charge is -2.34. The Morgan fingerprint density at radius 2 is 2.31 bits per heavy atom. The molecule has 1 aliphatic carbocycles. The van der Waals surface area contributed by atoms with E-state index in [2.05, 4.69) is 33.1 Å². The fourth-order valence-corrected chi connectivity index (χ4v) is 2.54. The van der Waals surface area contributed by atoms with Gasteiger partial charge in [0.1, 0.15) is 0 Å². The van der Waals surface area contributed by atoms with Gasteiger partial charge in [0.15, 0.2) is 0 Å². The molecule has 1 rings (SSSR count). The van der Waals surface area contributed by atoms with Crippen molar-refractivity contribution in [3.63, 3.8) is 0 Å². The lowest BCUT2D eigenvalue weighted by Crippen LogP contribution is -2.29. The Labute approximate surface area is 99.6 Å². The fraction of sp³-hybridized carbons (Fsp3) is 0.600. The topological polar surface area (TPSA) is 20.2 Å². The zero-order valence-corrected chi connectivity index (χ0v) is 10.8. The zero-order chi connectivity index (χ0) is 12.3. The predicted molar refractivity (Wildman–Crippen MR) is 70.2 cm³/mol. The van der Waals surface area contributed by atoms with Crippen LogP contribution in [-0.2, 0) is 0 Å². The van der Waals surface area contributed by atoms with Gasteiger partial charge in [-0.2, -0.15) is 0 Å². The van der Waals surface area contributed by atoms with E-state index in [1.165, 1.54) is 11.1 Å². The van der Waals surface area contributed by atoms with Gasteiger partial charge in [0.2, 0.25) is 0 Å². The number of rotatable bonds is 4. The molecule has 0 aromatic heterocycles. The summed E-state index contributed by atoms with van der Waals surface area (Å²) in [5, 5.41) is 10.1. The molecular weight excluding hydrogens is 196 g/mol. The summed E-state index contributed by atoms with van der Waals surface area (Å²) < 4.78 is 0. The monoisotopic (exact) mass is 220 g/mol. The molecule has 0 heterocycles. The van der Waals surface area contributed by atoms with Crippen LogP contribution in [-0.4, -0.2) is 10.7 Å². The number of aliphatic hydroxyl groups is 1. The highest BCUT2D eigenvalue weighted by Crippen LogP contribution is 2.37. The van der Waals surface area contributed by atoms with Crippen molar-refractivity contribution in [1.82, 2.24) is 0 Å². The van der Waals surface area contributed by atoms with Crippen molar-refractivity contribution >= 4 is 0 Å². The van der Waals surface area contributed by atoms with Crippen LogP contribution in [0.3, 0.4) is 0 Å². The minimum Gasteiger partial charge on any atom is -0.386 e. The van der Waals surface area contributed by atoms with Crippen LogP contribution < -0.4 is 0 Å². The molecule has 0 unspecified atom stereocenters. The molecule has 1 aliphatic rings. The van der Waals surface area contributed by atoms with E-state index < -0.39 is 5.60 Å². The van der Waals surface area contributed by atoms with Crippen molar-refractivity contribution < 1.29 is 5.11 Å². The van der Waals surface area contributed by atoms with Gasteiger partial charge in [-0.25, -0.2) is 0 Å². The van der Waals surface area contributed by atoms with Gasteiger partial charge in [0, 0.05) is 0 Å². The summed E-state index contributed by atoms with van der Waals surface area (Å²) in [5.74, 6) is 0.911. The smallest absolute Gasteiger partial charge is 0.0802 e. The summed E-state index contributed by atoms with van der Waals surface area (Å²) in [6, 6.07) is 0. The third kappa shape index (κ3) is 3.34. The molecule has 0 saturated carbocycles. The Morgan fingerprint density at radius 3 is 2.81 bits per heavy atom. The molecule has 0 spiro atoms. The van der Waals surface area contributed by atoms with Gasteiger partial charge in [-0.1, -0.05) is 29.9 Å². The van der Waals surface area contributed by atoms with Crippen LogP contribution in [0.25, 0.3) is 0 Å². The molecule has 0 bridgehead atoms. The summed E-state index contributed by atoms with van der Waals surface area (Å²) in [6.07, 6.45) is 7.01. The summed E-state index contributed by atoms with van der Waals surface area (Å²) >= 11 is 0. The first-order valence-electron chi connectivity index (χ1n) is 6.04. The molecule has 1 N–H and O–H groups in total. The molecule has 0 fully saturated rings. The number of hydrogen-bond donors (Lipinski definition) is 1. The maximum atomic E-state index is 10.1. The lowest BCUT2D eigenvalue weighted by atomic mass is 9.73. The quantitative estimate of drug-likeness (QED) is 0.713.